The Labute approximate surface area is 165 Å². The third-order valence-corrected chi connectivity index (χ3v) is 6.72. The van der Waals surface area contributed by atoms with Gasteiger partial charge in [-0.05, 0) is 13.8 Å². The maximum absolute atomic E-state index is 13.9. The summed E-state index contributed by atoms with van der Waals surface area (Å²) in [6.45, 7) is 3.50. The maximum Gasteiger partial charge on any atom is 0.358 e. The van der Waals surface area contributed by atoms with Gasteiger partial charge >= 0.3 is 5.97 Å². The Morgan fingerprint density at radius 2 is 1.93 bits per heavy atom. The Morgan fingerprint density at radius 3 is 2.61 bits per heavy atom. The van der Waals surface area contributed by atoms with Crippen LogP contribution in [0, 0.1) is 11.6 Å². The summed E-state index contributed by atoms with van der Waals surface area (Å²) >= 11 is 2.24. The standard InChI is InChI=1S/C17H13F2N3O4S2/c1-17(2)13(16(25)26-22-10(23)3-4-11(22)24)21-15(28-17)14-20-9-6-7(18)5-8(19)12(9)27-14/h5-6,13H,3-4H2,1-2H3. The van der Waals surface area contributed by atoms with Crippen molar-refractivity contribution in [3.63, 3.8) is 0 Å². The van der Waals surface area contributed by atoms with Crippen molar-refractivity contribution in [3.8, 4) is 0 Å². The topological polar surface area (TPSA) is 88.9 Å². The number of halogens is 2. The van der Waals surface area contributed by atoms with Crippen molar-refractivity contribution in [1.82, 2.24) is 10.0 Å². The van der Waals surface area contributed by atoms with Crippen LogP contribution in [0.5, 0.6) is 0 Å². The monoisotopic (exact) mass is 425 g/mol. The number of aromatic nitrogens is 1. The molecule has 1 unspecified atom stereocenters. The lowest BCUT2D eigenvalue weighted by Crippen LogP contribution is -2.41. The Kier molecular flexibility index (Phi) is 4.46. The van der Waals surface area contributed by atoms with Crippen molar-refractivity contribution in [2.24, 2.45) is 4.99 Å². The smallest absolute Gasteiger partial charge is 0.328 e. The summed E-state index contributed by atoms with van der Waals surface area (Å²) in [4.78, 5) is 49.4. The predicted octanol–water partition coefficient (Wildman–Crippen LogP) is 2.82. The maximum atomic E-state index is 13.9. The largest absolute Gasteiger partial charge is 0.358 e. The number of rotatable bonds is 3. The number of benzene rings is 1. The van der Waals surface area contributed by atoms with Crippen molar-refractivity contribution < 1.29 is 28.0 Å². The summed E-state index contributed by atoms with van der Waals surface area (Å²) < 4.78 is 26.8. The van der Waals surface area contributed by atoms with E-state index in [9.17, 15) is 23.2 Å². The molecule has 2 amide bonds. The molecule has 2 aliphatic rings. The van der Waals surface area contributed by atoms with Crippen molar-refractivity contribution >= 4 is 56.1 Å². The van der Waals surface area contributed by atoms with E-state index in [4.69, 9.17) is 4.84 Å². The van der Waals surface area contributed by atoms with Crippen LogP contribution in [-0.2, 0) is 19.2 Å². The van der Waals surface area contributed by atoms with Crippen molar-refractivity contribution in [1.29, 1.82) is 0 Å². The van der Waals surface area contributed by atoms with Crippen LogP contribution < -0.4 is 0 Å². The Balaban J connectivity index is 1.63. The molecular weight excluding hydrogens is 412 g/mol. The minimum atomic E-state index is -0.998. The first-order valence-corrected chi connectivity index (χ1v) is 9.89. The van der Waals surface area contributed by atoms with Gasteiger partial charge in [0.15, 0.2) is 6.04 Å². The van der Waals surface area contributed by atoms with Crippen molar-refractivity contribution in [2.45, 2.75) is 37.5 Å². The first kappa shape index (κ1) is 18.9. The Bertz CT molecular complexity index is 1050. The quantitative estimate of drug-likeness (QED) is 0.703. The van der Waals surface area contributed by atoms with Crippen LogP contribution in [0.1, 0.15) is 31.7 Å². The van der Waals surface area contributed by atoms with E-state index in [-0.39, 0.29) is 23.1 Å². The number of thiazole rings is 1. The number of hydrogen-bond acceptors (Lipinski definition) is 8. The molecule has 146 valence electrons. The lowest BCUT2D eigenvalue weighted by molar-refractivity contribution is -0.198. The molecule has 11 heteroatoms. The summed E-state index contributed by atoms with van der Waals surface area (Å²) in [5, 5.41) is 1.21. The highest BCUT2D eigenvalue weighted by atomic mass is 32.2. The molecule has 7 nitrogen and oxygen atoms in total. The number of carbonyl (C=O) groups is 3. The van der Waals surface area contributed by atoms with Gasteiger partial charge in [0.25, 0.3) is 11.8 Å². The van der Waals surface area contributed by atoms with E-state index in [1.54, 1.807) is 13.8 Å². The third kappa shape index (κ3) is 3.18. The lowest BCUT2D eigenvalue weighted by Gasteiger charge is -2.23. The van der Waals surface area contributed by atoms with Gasteiger partial charge in [0.05, 0.1) is 10.2 Å². The normalized spacial score (nSPS) is 21.5. The number of amides is 2. The van der Waals surface area contributed by atoms with E-state index in [1.807, 2.05) is 0 Å². The molecule has 4 rings (SSSR count). The van der Waals surface area contributed by atoms with E-state index in [0.29, 0.717) is 15.1 Å². The molecular formula is C17H13F2N3O4S2. The highest BCUT2D eigenvalue weighted by molar-refractivity contribution is 8.16. The number of imide groups is 1. The predicted molar refractivity (Wildman–Crippen MR) is 98.7 cm³/mol. The molecule has 0 aliphatic carbocycles. The van der Waals surface area contributed by atoms with E-state index < -0.39 is 40.2 Å². The fourth-order valence-corrected chi connectivity index (χ4v) is 5.03. The number of hydrogen-bond donors (Lipinski definition) is 0. The summed E-state index contributed by atoms with van der Waals surface area (Å²) in [6, 6.07) is 0.907. The zero-order chi connectivity index (χ0) is 20.2. The van der Waals surface area contributed by atoms with E-state index in [1.165, 1.54) is 11.8 Å². The van der Waals surface area contributed by atoms with Gasteiger partial charge in [0.2, 0.25) is 0 Å². The molecule has 28 heavy (non-hydrogen) atoms. The molecule has 1 fully saturated rings. The molecule has 1 aromatic carbocycles. The van der Waals surface area contributed by atoms with Crippen molar-refractivity contribution in [2.75, 3.05) is 0 Å². The molecule has 0 radical (unpaired) electrons. The zero-order valence-corrected chi connectivity index (χ0v) is 16.3. The van der Waals surface area contributed by atoms with Gasteiger partial charge in [0, 0.05) is 29.7 Å². The Morgan fingerprint density at radius 1 is 1.25 bits per heavy atom. The highest BCUT2D eigenvalue weighted by Crippen LogP contribution is 2.42. The molecule has 2 aliphatic heterocycles. The molecule has 1 saturated heterocycles. The van der Waals surface area contributed by atoms with Gasteiger partial charge in [-0.15, -0.1) is 16.4 Å². The van der Waals surface area contributed by atoms with Gasteiger partial charge in [-0.3, -0.25) is 14.6 Å². The molecule has 0 saturated carbocycles. The number of thioether (sulfide) groups is 1. The van der Waals surface area contributed by atoms with E-state index in [0.717, 1.165) is 23.5 Å². The van der Waals surface area contributed by atoms with Crippen LogP contribution in [0.25, 0.3) is 10.2 Å². The van der Waals surface area contributed by atoms with Gasteiger partial charge in [0.1, 0.15) is 21.7 Å². The average molecular weight is 425 g/mol. The SMILES string of the molecule is CC1(C)SC(c2nc3cc(F)cc(F)c3s2)=NC1C(=O)ON1C(=O)CCC1=O. The molecule has 2 aromatic rings. The van der Waals surface area contributed by atoms with Crippen LogP contribution in [0.3, 0.4) is 0 Å². The summed E-state index contributed by atoms with van der Waals surface area (Å²) in [7, 11) is 0. The Hall–Kier alpha value is -2.40. The number of hydroxylamine groups is 2. The van der Waals surface area contributed by atoms with Gasteiger partial charge in [-0.25, -0.2) is 18.6 Å². The number of fused-ring (bicyclic) bond motifs is 1. The molecule has 0 bridgehead atoms. The minimum Gasteiger partial charge on any atom is -0.328 e. The molecule has 0 N–H and O–H groups in total. The second-order valence-electron chi connectivity index (χ2n) is 6.79. The minimum absolute atomic E-state index is 0.00271. The molecule has 1 atom stereocenters. The van der Waals surface area contributed by atoms with Crippen LogP contribution in [0.2, 0.25) is 0 Å². The summed E-state index contributed by atoms with van der Waals surface area (Å²) in [5.41, 5.74) is 0.165. The molecule has 0 spiro atoms. The first-order valence-electron chi connectivity index (χ1n) is 8.26. The lowest BCUT2D eigenvalue weighted by atomic mass is 10.0. The van der Waals surface area contributed by atoms with Crippen LogP contribution >= 0.6 is 23.1 Å². The van der Waals surface area contributed by atoms with Gasteiger partial charge in [-0.2, -0.15) is 0 Å². The molecule has 3 heterocycles. The van der Waals surface area contributed by atoms with Crippen molar-refractivity contribution in [3.05, 3.63) is 28.8 Å². The zero-order valence-electron chi connectivity index (χ0n) is 14.7. The molecule has 1 aromatic heterocycles. The van der Waals surface area contributed by atoms with E-state index >= 15 is 0 Å². The first-order chi connectivity index (χ1) is 13.2. The fourth-order valence-electron chi connectivity index (χ4n) is 2.89. The van der Waals surface area contributed by atoms with Gasteiger partial charge in [-0.1, -0.05) is 11.8 Å². The van der Waals surface area contributed by atoms with Crippen LogP contribution in [-0.4, -0.2) is 43.7 Å². The highest BCUT2D eigenvalue weighted by Gasteiger charge is 2.46. The summed E-state index contributed by atoms with van der Waals surface area (Å²) in [5.74, 6) is -3.44. The average Bonchev–Trinajstić information content (AvgIpc) is 3.25. The van der Waals surface area contributed by atoms with Gasteiger partial charge < -0.3 is 4.84 Å². The third-order valence-electron chi connectivity index (χ3n) is 4.27. The fraction of sp³-hybridized carbons (Fsp3) is 0.353. The number of carbonyl (C=O) groups excluding carboxylic acids is 3. The number of aliphatic imine (C=N–C) groups is 1. The summed E-state index contributed by atoms with van der Waals surface area (Å²) in [6.07, 6.45) is -0.00542. The second kappa shape index (κ2) is 6.59. The van der Waals surface area contributed by atoms with Crippen LogP contribution in [0.15, 0.2) is 17.1 Å². The van der Waals surface area contributed by atoms with E-state index in [2.05, 4.69) is 9.98 Å². The van der Waals surface area contributed by atoms with Crippen LogP contribution in [0.4, 0.5) is 8.78 Å². The number of nitrogens with zero attached hydrogens (tertiary/aromatic N) is 3. The second-order valence-corrected chi connectivity index (χ2v) is 9.43.